The first-order valence-corrected chi connectivity index (χ1v) is 4.92. The Bertz CT molecular complexity index is 528. The fourth-order valence-electron chi connectivity index (χ4n) is 1.19. The Morgan fingerprint density at radius 1 is 1.17 bits per heavy atom. The first-order valence-electron chi connectivity index (χ1n) is 4.92. The van der Waals surface area contributed by atoms with Crippen LogP contribution in [0.25, 0.3) is 0 Å². The van der Waals surface area contributed by atoms with Crippen molar-refractivity contribution in [2.45, 2.75) is 0 Å². The number of rotatable bonds is 5. The van der Waals surface area contributed by atoms with Gasteiger partial charge >= 0.3 is 11.9 Å². The number of carboxylic acid groups (broad SMARTS) is 1. The summed E-state index contributed by atoms with van der Waals surface area (Å²) >= 11 is 0. The van der Waals surface area contributed by atoms with Crippen LogP contribution in [-0.4, -0.2) is 22.8 Å². The van der Waals surface area contributed by atoms with Gasteiger partial charge in [-0.3, -0.25) is 4.79 Å². The van der Waals surface area contributed by atoms with Crippen molar-refractivity contribution in [1.29, 1.82) is 0 Å². The second-order valence-corrected chi connectivity index (χ2v) is 3.16. The Morgan fingerprint density at radius 2 is 1.78 bits per heavy atom. The van der Waals surface area contributed by atoms with Gasteiger partial charge in [-0.1, -0.05) is 24.8 Å². The van der Waals surface area contributed by atoms with Crippen molar-refractivity contribution in [3.8, 4) is 0 Å². The molecule has 0 spiro atoms. The maximum absolute atomic E-state index is 11.7. The van der Waals surface area contributed by atoms with Crippen LogP contribution in [0.3, 0.4) is 0 Å². The number of ether oxygens (including phenoxy) is 1. The zero-order valence-electron chi connectivity index (χ0n) is 9.33. The normalized spacial score (nSPS) is 10.0. The molecule has 0 saturated carbocycles. The maximum atomic E-state index is 11.7. The predicted octanol–water partition coefficient (Wildman–Crippen LogP) is 1.81. The van der Waals surface area contributed by atoms with E-state index in [4.69, 9.17) is 5.11 Å². The second kappa shape index (κ2) is 6.15. The van der Waals surface area contributed by atoms with Gasteiger partial charge in [-0.05, 0) is 6.07 Å². The fraction of sp³-hybridized carbons (Fsp3) is 0. The van der Waals surface area contributed by atoms with E-state index < -0.39 is 17.7 Å². The minimum absolute atomic E-state index is 0.0240. The molecule has 18 heavy (non-hydrogen) atoms. The number of aromatic carboxylic acids is 1. The van der Waals surface area contributed by atoms with Crippen LogP contribution in [0.4, 0.5) is 0 Å². The summed E-state index contributed by atoms with van der Waals surface area (Å²) in [6.45, 7) is 3.18. The maximum Gasteiger partial charge on any atom is 0.336 e. The number of benzene rings is 1. The van der Waals surface area contributed by atoms with Crippen molar-refractivity contribution in [3.05, 3.63) is 60.4 Å². The summed E-state index contributed by atoms with van der Waals surface area (Å²) in [6.07, 6.45) is 2.81. The second-order valence-electron chi connectivity index (χ2n) is 3.16. The summed E-state index contributed by atoms with van der Waals surface area (Å²) in [5.74, 6) is -2.47. The van der Waals surface area contributed by atoms with Gasteiger partial charge in [-0.2, -0.15) is 0 Å². The molecule has 5 heteroatoms. The van der Waals surface area contributed by atoms with Gasteiger partial charge in [0.05, 0.1) is 11.8 Å². The Hall–Kier alpha value is -2.69. The lowest BCUT2D eigenvalue weighted by Crippen LogP contribution is -2.06. The lowest BCUT2D eigenvalue weighted by molar-refractivity contribution is -0.132. The summed E-state index contributed by atoms with van der Waals surface area (Å²) in [6, 6.07) is 5.76. The Labute approximate surface area is 103 Å². The van der Waals surface area contributed by atoms with E-state index in [-0.39, 0.29) is 11.1 Å². The molecule has 0 heterocycles. The van der Waals surface area contributed by atoms with E-state index in [2.05, 4.69) is 11.3 Å². The molecule has 1 rings (SSSR count). The third-order valence-electron chi connectivity index (χ3n) is 1.99. The van der Waals surface area contributed by atoms with Crippen LogP contribution in [0.15, 0.2) is 49.3 Å². The van der Waals surface area contributed by atoms with Crippen LogP contribution in [0, 0.1) is 0 Å². The molecule has 0 aliphatic carbocycles. The third kappa shape index (κ3) is 3.41. The van der Waals surface area contributed by atoms with Gasteiger partial charge in [0.15, 0.2) is 5.78 Å². The molecule has 0 bridgehead atoms. The van der Waals surface area contributed by atoms with Crippen molar-refractivity contribution in [2.75, 3.05) is 0 Å². The van der Waals surface area contributed by atoms with Crippen LogP contribution >= 0.6 is 0 Å². The molecule has 0 aliphatic rings. The van der Waals surface area contributed by atoms with Gasteiger partial charge in [0.2, 0.25) is 0 Å². The number of ketones is 1. The molecular formula is C13H10O5. The largest absolute Gasteiger partial charge is 0.478 e. The summed E-state index contributed by atoms with van der Waals surface area (Å²) in [7, 11) is 0. The van der Waals surface area contributed by atoms with E-state index in [1.165, 1.54) is 18.2 Å². The SMILES string of the molecule is C=CC(=O)OC=CC(=O)c1ccccc1C(=O)O. The fourth-order valence-corrected chi connectivity index (χ4v) is 1.19. The molecule has 0 atom stereocenters. The molecule has 0 aromatic heterocycles. The monoisotopic (exact) mass is 246 g/mol. The Morgan fingerprint density at radius 3 is 2.33 bits per heavy atom. The number of carbonyl (C=O) groups excluding carboxylic acids is 2. The van der Waals surface area contributed by atoms with Crippen molar-refractivity contribution >= 4 is 17.7 Å². The molecule has 0 fully saturated rings. The zero-order valence-corrected chi connectivity index (χ0v) is 9.33. The first kappa shape index (κ1) is 13.4. The van der Waals surface area contributed by atoms with Crippen LogP contribution in [-0.2, 0) is 9.53 Å². The van der Waals surface area contributed by atoms with E-state index in [9.17, 15) is 14.4 Å². The number of carbonyl (C=O) groups is 3. The molecule has 0 unspecified atom stereocenters. The molecule has 0 aliphatic heterocycles. The van der Waals surface area contributed by atoms with Crippen LogP contribution in [0.2, 0.25) is 0 Å². The van der Waals surface area contributed by atoms with E-state index in [0.717, 1.165) is 18.4 Å². The van der Waals surface area contributed by atoms with E-state index >= 15 is 0 Å². The van der Waals surface area contributed by atoms with E-state index in [1.54, 1.807) is 6.07 Å². The van der Waals surface area contributed by atoms with E-state index in [0.29, 0.717) is 0 Å². The minimum Gasteiger partial charge on any atom is -0.478 e. The average Bonchev–Trinajstić information content (AvgIpc) is 2.38. The van der Waals surface area contributed by atoms with Gasteiger partial charge in [-0.15, -0.1) is 0 Å². The molecule has 0 amide bonds. The van der Waals surface area contributed by atoms with Crippen LogP contribution in [0.5, 0.6) is 0 Å². The number of hydrogen-bond acceptors (Lipinski definition) is 4. The summed E-state index contributed by atoms with van der Waals surface area (Å²) in [5, 5.41) is 8.89. The standard InChI is InChI=1S/C13H10O5/c1-2-12(15)18-8-7-11(14)9-5-3-4-6-10(9)13(16)17/h2-8H,1H2,(H,16,17). The van der Waals surface area contributed by atoms with Gasteiger partial charge in [0, 0.05) is 17.7 Å². The van der Waals surface area contributed by atoms with Crippen molar-refractivity contribution in [3.63, 3.8) is 0 Å². The van der Waals surface area contributed by atoms with Gasteiger partial charge in [-0.25, -0.2) is 9.59 Å². The van der Waals surface area contributed by atoms with Crippen LogP contribution < -0.4 is 0 Å². The lowest BCUT2D eigenvalue weighted by Gasteiger charge is -2.01. The highest BCUT2D eigenvalue weighted by atomic mass is 16.5. The minimum atomic E-state index is -1.20. The van der Waals surface area contributed by atoms with Crippen molar-refractivity contribution in [1.82, 2.24) is 0 Å². The predicted molar refractivity (Wildman–Crippen MR) is 63.2 cm³/mol. The summed E-state index contributed by atoms with van der Waals surface area (Å²) < 4.78 is 4.48. The lowest BCUT2D eigenvalue weighted by atomic mass is 10.0. The highest BCUT2D eigenvalue weighted by Gasteiger charge is 2.13. The number of esters is 1. The Balaban J connectivity index is 2.88. The smallest absolute Gasteiger partial charge is 0.336 e. The number of carboxylic acids is 1. The topological polar surface area (TPSA) is 80.7 Å². The first-order chi connectivity index (χ1) is 8.56. The van der Waals surface area contributed by atoms with Gasteiger partial charge in [0.1, 0.15) is 0 Å². The third-order valence-corrected chi connectivity index (χ3v) is 1.99. The molecule has 92 valence electrons. The number of hydrogen-bond donors (Lipinski definition) is 1. The highest BCUT2D eigenvalue weighted by molar-refractivity contribution is 6.11. The highest BCUT2D eigenvalue weighted by Crippen LogP contribution is 2.10. The molecule has 1 aromatic rings. The summed E-state index contributed by atoms with van der Waals surface area (Å²) in [4.78, 5) is 33.3. The van der Waals surface area contributed by atoms with Crippen molar-refractivity contribution in [2.24, 2.45) is 0 Å². The molecule has 1 aromatic carbocycles. The molecule has 5 nitrogen and oxygen atoms in total. The zero-order chi connectivity index (χ0) is 13.5. The Kier molecular flexibility index (Phi) is 4.57. The van der Waals surface area contributed by atoms with Crippen molar-refractivity contribution < 1.29 is 24.2 Å². The molecule has 0 radical (unpaired) electrons. The van der Waals surface area contributed by atoms with Gasteiger partial charge < -0.3 is 9.84 Å². The van der Waals surface area contributed by atoms with E-state index in [1.807, 2.05) is 0 Å². The molecule has 1 N–H and O–H groups in total. The summed E-state index contributed by atoms with van der Waals surface area (Å²) in [5.41, 5.74) is -0.0851. The molecular weight excluding hydrogens is 236 g/mol. The quantitative estimate of drug-likeness (QED) is 0.371. The molecule has 0 saturated heterocycles. The number of allylic oxidation sites excluding steroid dienone is 1. The average molecular weight is 246 g/mol. The van der Waals surface area contributed by atoms with Crippen LogP contribution in [0.1, 0.15) is 20.7 Å². The van der Waals surface area contributed by atoms with Gasteiger partial charge in [0.25, 0.3) is 0 Å².